The van der Waals surface area contributed by atoms with Crippen molar-refractivity contribution < 1.29 is 9.90 Å². The molecule has 2 rings (SSSR count). The van der Waals surface area contributed by atoms with Gasteiger partial charge >= 0.3 is 0 Å². The monoisotopic (exact) mass is 259 g/mol. The van der Waals surface area contributed by atoms with Crippen LogP contribution in [-0.2, 0) is 4.79 Å². The first-order valence-electron chi connectivity index (χ1n) is 6.85. The van der Waals surface area contributed by atoms with Crippen molar-refractivity contribution in [2.24, 2.45) is 5.92 Å². The molecule has 1 atom stereocenters. The van der Waals surface area contributed by atoms with Crippen LogP contribution in [0.1, 0.15) is 37.8 Å². The van der Waals surface area contributed by atoms with Gasteiger partial charge in [-0.1, -0.05) is 35.9 Å². The number of rotatable bonds is 6. The fraction of sp³-hybridized carbons (Fsp3) is 0.438. The molecule has 0 aliphatic heterocycles. The van der Waals surface area contributed by atoms with Crippen LogP contribution in [0.5, 0.6) is 0 Å². The van der Waals surface area contributed by atoms with Gasteiger partial charge in [0.25, 0.3) is 0 Å². The molecular formula is C16H21NO2. The Balaban J connectivity index is 2.00. The summed E-state index contributed by atoms with van der Waals surface area (Å²) in [7, 11) is 0. The van der Waals surface area contributed by atoms with Gasteiger partial charge in [0.1, 0.15) is 0 Å². The molecule has 1 aromatic rings. The smallest absolute Gasteiger partial charge is 0.244 e. The van der Waals surface area contributed by atoms with Gasteiger partial charge in [-0.2, -0.15) is 0 Å². The second-order valence-electron chi connectivity index (χ2n) is 5.15. The summed E-state index contributed by atoms with van der Waals surface area (Å²) >= 11 is 0. The SMILES string of the molecule is C/C(=C\C(=O)NC(CCO)c1ccccc1)C1CC1. The molecule has 3 nitrogen and oxygen atoms in total. The van der Waals surface area contributed by atoms with Crippen LogP contribution in [0, 0.1) is 5.92 Å². The molecule has 0 saturated heterocycles. The van der Waals surface area contributed by atoms with Crippen molar-refractivity contribution in [3.63, 3.8) is 0 Å². The largest absolute Gasteiger partial charge is 0.396 e. The van der Waals surface area contributed by atoms with Crippen LogP contribution in [0.25, 0.3) is 0 Å². The molecule has 0 aromatic heterocycles. The van der Waals surface area contributed by atoms with E-state index in [9.17, 15) is 4.79 Å². The standard InChI is InChI=1S/C16H21NO2/c1-12(13-7-8-13)11-16(19)17-15(9-10-18)14-5-3-2-4-6-14/h2-6,11,13,15,18H,7-10H2,1H3,(H,17,19)/b12-11+. The van der Waals surface area contributed by atoms with E-state index in [-0.39, 0.29) is 18.6 Å². The topological polar surface area (TPSA) is 49.3 Å². The number of carbonyl (C=O) groups excluding carboxylic acids is 1. The molecule has 1 unspecified atom stereocenters. The molecule has 0 spiro atoms. The minimum Gasteiger partial charge on any atom is -0.396 e. The number of hydrogen-bond acceptors (Lipinski definition) is 2. The maximum atomic E-state index is 12.0. The third-order valence-corrected chi connectivity index (χ3v) is 3.52. The van der Waals surface area contributed by atoms with Crippen LogP contribution >= 0.6 is 0 Å². The summed E-state index contributed by atoms with van der Waals surface area (Å²) in [6, 6.07) is 9.64. The van der Waals surface area contributed by atoms with E-state index in [0.29, 0.717) is 12.3 Å². The normalized spacial score (nSPS) is 17.1. The molecule has 1 aliphatic carbocycles. The molecule has 0 radical (unpaired) electrons. The summed E-state index contributed by atoms with van der Waals surface area (Å²) in [6.07, 6.45) is 4.64. The van der Waals surface area contributed by atoms with Gasteiger partial charge in [-0.3, -0.25) is 4.79 Å². The number of nitrogens with one attached hydrogen (secondary N) is 1. The lowest BCUT2D eigenvalue weighted by Gasteiger charge is -2.17. The molecule has 1 aromatic carbocycles. The quantitative estimate of drug-likeness (QED) is 0.771. The third kappa shape index (κ3) is 4.21. The van der Waals surface area contributed by atoms with Crippen LogP contribution in [0.3, 0.4) is 0 Å². The zero-order valence-corrected chi connectivity index (χ0v) is 11.3. The van der Waals surface area contributed by atoms with Gasteiger partial charge in [0.15, 0.2) is 0 Å². The molecule has 1 saturated carbocycles. The summed E-state index contributed by atoms with van der Waals surface area (Å²) in [6.45, 7) is 2.08. The predicted molar refractivity (Wildman–Crippen MR) is 75.5 cm³/mol. The van der Waals surface area contributed by atoms with Crippen LogP contribution in [0.15, 0.2) is 42.0 Å². The van der Waals surface area contributed by atoms with Crippen molar-refractivity contribution in [2.45, 2.75) is 32.2 Å². The van der Waals surface area contributed by atoms with Crippen molar-refractivity contribution in [1.29, 1.82) is 0 Å². The minimum atomic E-state index is -0.123. The van der Waals surface area contributed by atoms with Crippen molar-refractivity contribution in [1.82, 2.24) is 5.32 Å². The zero-order valence-electron chi connectivity index (χ0n) is 11.3. The molecular weight excluding hydrogens is 238 g/mol. The molecule has 1 aliphatic rings. The Kier molecular flexibility index (Phi) is 4.74. The second kappa shape index (κ2) is 6.53. The van der Waals surface area contributed by atoms with Gasteiger partial charge in [-0.15, -0.1) is 0 Å². The molecule has 1 amide bonds. The number of benzene rings is 1. The van der Waals surface area contributed by atoms with Crippen LogP contribution < -0.4 is 5.32 Å². The van der Waals surface area contributed by atoms with Crippen molar-refractivity contribution in [3.05, 3.63) is 47.5 Å². The molecule has 3 heteroatoms. The maximum Gasteiger partial charge on any atom is 0.244 e. The Hall–Kier alpha value is -1.61. The Morgan fingerprint density at radius 1 is 1.42 bits per heavy atom. The van der Waals surface area contributed by atoms with Gasteiger partial charge in [-0.25, -0.2) is 0 Å². The Morgan fingerprint density at radius 3 is 2.68 bits per heavy atom. The van der Waals surface area contributed by atoms with Crippen molar-refractivity contribution >= 4 is 5.91 Å². The van der Waals surface area contributed by atoms with Gasteiger partial charge in [0.2, 0.25) is 5.91 Å². The van der Waals surface area contributed by atoms with Gasteiger partial charge in [0.05, 0.1) is 6.04 Å². The second-order valence-corrected chi connectivity index (χ2v) is 5.15. The van der Waals surface area contributed by atoms with Crippen LogP contribution in [-0.4, -0.2) is 17.6 Å². The van der Waals surface area contributed by atoms with Gasteiger partial charge in [-0.05, 0) is 37.7 Å². The summed E-state index contributed by atoms with van der Waals surface area (Å²) in [4.78, 5) is 12.0. The average molecular weight is 259 g/mol. The van der Waals surface area contributed by atoms with Gasteiger partial charge in [0, 0.05) is 12.7 Å². The molecule has 0 bridgehead atoms. The van der Waals surface area contributed by atoms with E-state index in [1.54, 1.807) is 6.08 Å². The summed E-state index contributed by atoms with van der Waals surface area (Å²) in [5.41, 5.74) is 2.19. The van der Waals surface area contributed by atoms with Crippen molar-refractivity contribution in [3.8, 4) is 0 Å². The lowest BCUT2D eigenvalue weighted by Crippen LogP contribution is -2.28. The number of amides is 1. The summed E-state index contributed by atoms with van der Waals surface area (Å²) < 4.78 is 0. The highest BCUT2D eigenvalue weighted by Gasteiger charge is 2.23. The van der Waals surface area contributed by atoms with E-state index in [2.05, 4.69) is 5.32 Å². The summed E-state index contributed by atoms with van der Waals surface area (Å²) in [5, 5.41) is 12.1. The fourth-order valence-corrected chi connectivity index (χ4v) is 2.21. The number of hydrogen-bond donors (Lipinski definition) is 2. The molecule has 2 N–H and O–H groups in total. The van der Waals surface area contributed by atoms with Crippen LogP contribution in [0.2, 0.25) is 0 Å². The highest BCUT2D eigenvalue weighted by molar-refractivity contribution is 5.88. The summed E-state index contributed by atoms with van der Waals surface area (Å²) in [5.74, 6) is 0.547. The maximum absolute atomic E-state index is 12.0. The zero-order chi connectivity index (χ0) is 13.7. The number of aliphatic hydroxyl groups excluding tert-OH is 1. The van der Waals surface area contributed by atoms with Crippen molar-refractivity contribution in [2.75, 3.05) is 6.61 Å². The first-order valence-corrected chi connectivity index (χ1v) is 6.85. The molecule has 102 valence electrons. The molecule has 19 heavy (non-hydrogen) atoms. The lowest BCUT2D eigenvalue weighted by molar-refractivity contribution is -0.117. The minimum absolute atomic E-state index is 0.0607. The highest BCUT2D eigenvalue weighted by atomic mass is 16.3. The van der Waals surface area contributed by atoms with E-state index in [0.717, 1.165) is 11.1 Å². The Morgan fingerprint density at radius 2 is 2.11 bits per heavy atom. The van der Waals surface area contributed by atoms with Crippen LogP contribution in [0.4, 0.5) is 0 Å². The highest BCUT2D eigenvalue weighted by Crippen LogP contribution is 2.35. The van der Waals surface area contributed by atoms with E-state index in [1.807, 2.05) is 37.3 Å². The number of allylic oxidation sites excluding steroid dienone is 1. The number of carbonyl (C=O) groups is 1. The first-order chi connectivity index (χ1) is 9.20. The van der Waals surface area contributed by atoms with E-state index in [1.165, 1.54) is 12.8 Å². The molecule has 1 fully saturated rings. The third-order valence-electron chi connectivity index (χ3n) is 3.52. The lowest BCUT2D eigenvalue weighted by atomic mass is 10.0. The Labute approximate surface area is 114 Å². The fourth-order valence-electron chi connectivity index (χ4n) is 2.21. The van der Waals surface area contributed by atoms with E-state index < -0.39 is 0 Å². The van der Waals surface area contributed by atoms with E-state index in [4.69, 9.17) is 5.11 Å². The average Bonchev–Trinajstić information content (AvgIpc) is 3.23. The first kappa shape index (κ1) is 13.8. The number of aliphatic hydroxyl groups is 1. The predicted octanol–water partition coefficient (Wildman–Crippen LogP) is 2.58. The Bertz CT molecular complexity index is 449. The molecule has 0 heterocycles. The van der Waals surface area contributed by atoms with Gasteiger partial charge < -0.3 is 10.4 Å². The van der Waals surface area contributed by atoms with E-state index >= 15 is 0 Å².